The summed E-state index contributed by atoms with van der Waals surface area (Å²) >= 11 is 0. The molecule has 0 amide bonds. The highest BCUT2D eigenvalue weighted by atomic mass is 16.8. The highest BCUT2D eigenvalue weighted by Crippen LogP contribution is 2.35. The molecule has 7 heteroatoms. The number of Topliss-reactive ketones (excluding diaryl/α,β-unsaturated/α-hetero) is 1. The van der Waals surface area contributed by atoms with Crippen LogP contribution in [0.15, 0.2) is 0 Å². The Bertz CT molecular complexity index is 415. The van der Waals surface area contributed by atoms with Crippen molar-refractivity contribution in [2.45, 2.75) is 57.6 Å². The van der Waals surface area contributed by atoms with Crippen molar-refractivity contribution in [2.24, 2.45) is 0 Å². The van der Waals surface area contributed by atoms with Gasteiger partial charge in [0.15, 0.2) is 17.7 Å². The first-order chi connectivity index (χ1) is 9.15. The molecule has 7 nitrogen and oxygen atoms in total. The minimum Gasteiger partial charge on any atom is -0.463 e. The molecule has 0 aromatic rings. The third-order valence-electron chi connectivity index (χ3n) is 3.17. The Hall–Kier alpha value is -1.02. The lowest BCUT2D eigenvalue weighted by Gasteiger charge is -2.22. The number of methoxy groups -OCH3 is 1. The topological polar surface area (TPSA) is 80.3 Å². The molecule has 0 aliphatic carbocycles. The van der Waals surface area contributed by atoms with E-state index in [0.717, 1.165) is 7.11 Å². The van der Waals surface area contributed by atoms with Gasteiger partial charge >= 0.3 is 5.97 Å². The van der Waals surface area contributed by atoms with E-state index in [1.807, 2.05) is 0 Å². The maximum atomic E-state index is 12.0. The van der Waals surface area contributed by atoms with E-state index in [9.17, 15) is 9.59 Å². The lowest BCUT2D eigenvalue weighted by atomic mass is 10.0. The van der Waals surface area contributed by atoms with E-state index in [1.54, 1.807) is 27.7 Å². The summed E-state index contributed by atoms with van der Waals surface area (Å²) in [6.07, 6.45) is -2.25. The van der Waals surface area contributed by atoms with Gasteiger partial charge in [0, 0.05) is 0 Å². The van der Waals surface area contributed by atoms with Crippen molar-refractivity contribution in [2.75, 3.05) is 13.7 Å². The Morgan fingerprint density at radius 1 is 1.05 bits per heavy atom. The molecule has 2 aliphatic rings. The van der Waals surface area contributed by atoms with Gasteiger partial charge in [-0.1, -0.05) is 0 Å². The Morgan fingerprint density at radius 2 is 1.70 bits per heavy atom. The van der Waals surface area contributed by atoms with Gasteiger partial charge in [-0.05, 0) is 27.7 Å². The van der Waals surface area contributed by atoms with Gasteiger partial charge in [-0.3, -0.25) is 4.79 Å². The minimum absolute atomic E-state index is 0.266. The average molecular weight is 288 g/mol. The summed E-state index contributed by atoms with van der Waals surface area (Å²) in [4.78, 5) is 23.4. The molecular formula is C13H20O7. The molecule has 3 atom stereocenters. The third kappa shape index (κ3) is 3.01. The van der Waals surface area contributed by atoms with Crippen LogP contribution < -0.4 is 0 Å². The fourth-order valence-electron chi connectivity index (χ4n) is 2.36. The summed E-state index contributed by atoms with van der Waals surface area (Å²) in [6, 6.07) is 0. The standard InChI is InChI=1S/C13H20O7/c1-12(2)17-6-7(18-12)9-10(8(14)11(15)16-5)20-13(3,4)19-9/h7,9-10H,6H2,1-5H3/t7-,9-,10-/m1/s1. The Labute approximate surface area is 117 Å². The predicted molar refractivity (Wildman–Crippen MR) is 65.8 cm³/mol. The van der Waals surface area contributed by atoms with Crippen LogP contribution >= 0.6 is 0 Å². The van der Waals surface area contributed by atoms with E-state index in [-0.39, 0.29) is 6.61 Å². The van der Waals surface area contributed by atoms with Gasteiger partial charge in [-0.25, -0.2) is 4.79 Å². The molecule has 0 aromatic heterocycles. The number of ether oxygens (including phenoxy) is 5. The van der Waals surface area contributed by atoms with Gasteiger partial charge in [-0.15, -0.1) is 0 Å². The maximum absolute atomic E-state index is 12.0. The largest absolute Gasteiger partial charge is 0.463 e. The fourth-order valence-corrected chi connectivity index (χ4v) is 2.36. The molecule has 0 bridgehead atoms. The molecule has 0 N–H and O–H groups in total. The summed E-state index contributed by atoms with van der Waals surface area (Å²) in [7, 11) is 1.15. The molecule has 2 saturated heterocycles. The van der Waals surface area contributed by atoms with Crippen molar-refractivity contribution in [1.29, 1.82) is 0 Å². The van der Waals surface area contributed by atoms with Crippen molar-refractivity contribution in [3.8, 4) is 0 Å². The van der Waals surface area contributed by atoms with Gasteiger partial charge in [0.25, 0.3) is 5.78 Å². The molecule has 0 aromatic carbocycles. The molecule has 2 fully saturated rings. The molecular weight excluding hydrogens is 268 g/mol. The van der Waals surface area contributed by atoms with Gasteiger partial charge < -0.3 is 23.7 Å². The number of carbonyl (C=O) groups is 2. The zero-order valence-corrected chi connectivity index (χ0v) is 12.3. The molecule has 20 heavy (non-hydrogen) atoms. The number of esters is 1. The summed E-state index contributed by atoms with van der Waals surface area (Å²) in [5, 5.41) is 0. The van der Waals surface area contributed by atoms with Crippen LogP contribution in [0.1, 0.15) is 27.7 Å². The smallest absolute Gasteiger partial charge is 0.377 e. The van der Waals surface area contributed by atoms with E-state index in [1.165, 1.54) is 0 Å². The summed E-state index contributed by atoms with van der Waals surface area (Å²) < 4.78 is 26.8. The van der Waals surface area contributed by atoms with Crippen LogP contribution in [0.4, 0.5) is 0 Å². The molecule has 2 aliphatic heterocycles. The van der Waals surface area contributed by atoms with Gasteiger partial charge in [0.05, 0.1) is 13.7 Å². The number of rotatable bonds is 3. The Balaban J connectivity index is 2.17. The van der Waals surface area contributed by atoms with E-state index in [2.05, 4.69) is 4.74 Å². The molecule has 0 unspecified atom stereocenters. The fraction of sp³-hybridized carbons (Fsp3) is 0.846. The molecule has 0 spiro atoms. The van der Waals surface area contributed by atoms with Gasteiger partial charge in [0.1, 0.15) is 12.2 Å². The van der Waals surface area contributed by atoms with Crippen molar-refractivity contribution < 1.29 is 33.3 Å². The SMILES string of the molecule is COC(=O)C(=O)[C@H]1OC(C)(C)O[C@@H]1[C@H]1COC(C)(C)O1. The van der Waals surface area contributed by atoms with Crippen LogP contribution in [0.2, 0.25) is 0 Å². The third-order valence-corrected chi connectivity index (χ3v) is 3.17. The first-order valence-corrected chi connectivity index (χ1v) is 6.45. The normalized spacial score (nSPS) is 35.0. The number of hydrogen-bond acceptors (Lipinski definition) is 7. The molecule has 0 radical (unpaired) electrons. The van der Waals surface area contributed by atoms with Crippen LogP contribution in [0.5, 0.6) is 0 Å². The highest BCUT2D eigenvalue weighted by Gasteiger charge is 2.53. The van der Waals surface area contributed by atoms with Crippen LogP contribution in [0.3, 0.4) is 0 Å². The summed E-state index contributed by atoms with van der Waals surface area (Å²) in [5.74, 6) is -3.47. The van der Waals surface area contributed by atoms with E-state index in [4.69, 9.17) is 18.9 Å². The summed E-state index contributed by atoms with van der Waals surface area (Å²) in [5.41, 5.74) is 0. The molecule has 114 valence electrons. The van der Waals surface area contributed by atoms with Crippen LogP contribution in [0.25, 0.3) is 0 Å². The van der Waals surface area contributed by atoms with Crippen LogP contribution in [0, 0.1) is 0 Å². The van der Waals surface area contributed by atoms with E-state index in [0.29, 0.717) is 0 Å². The van der Waals surface area contributed by atoms with E-state index >= 15 is 0 Å². The minimum atomic E-state index is -1.06. The first kappa shape index (κ1) is 15.4. The maximum Gasteiger partial charge on any atom is 0.377 e. The number of carbonyl (C=O) groups excluding carboxylic acids is 2. The van der Waals surface area contributed by atoms with Crippen molar-refractivity contribution in [3.63, 3.8) is 0 Å². The molecule has 2 rings (SSSR count). The van der Waals surface area contributed by atoms with Crippen molar-refractivity contribution in [3.05, 3.63) is 0 Å². The van der Waals surface area contributed by atoms with Crippen LogP contribution in [-0.2, 0) is 33.3 Å². The quantitative estimate of drug-likeness (QED) is 0.549. The monoisotopic (exact) mass is 288 g/mol. The summed E-state index contributed by atoms with van der Waals surface area (Å²) in [6.45, 7) is 7.15. The molecule has 0 saturated carbocycles. The Morgan fingerprint density at radius 3 is 2.20 bits per heavy atom. The Kier molecular flexibility index (Phi) is 3.90. The average Bonchev–Trinajstić information content (AvgIpc) is 2.86. The van der Waals surface area contributed by atoms with Crippen molar-refractivity contribution in [1.82, 2.24) is 0 Å². The highest BCUT2D eigenvalue weighted by molar-refractivity contribution is 6.35. The predicted octanol–water partition coefficient (Wildman–Crippen LogP) is 0.400. The second kappa shape index (κ2) is 5.07. The first-order valence-electron chi connectivity index (χ1n) is 6.45. The number of hydrogen-bond donors (Lipinski definition) is 0. The zero-order valence-electron chi connectivity index (χ0n) is 12.3. The van der Waals surface area contributed by atoms with Crippen molar-refractivity contribution >= 4 is 11.8 Å². The second-order valence-electron chi connectivity index (χ2n) is 5.74. The van der Waals surface area contributed by atoms with Gasteiger partial charge in [0.2, 0.25) is 0 Å². The zero-order chi connectivity index (χ0) is 15.1. The lowest BCUT2D eigenvalue weighted by molar-refractivity contribution is -0.175. The number of ketones is 1. The van der Waals surface area contributed by atoms with Gasteiger partial charge in [-0.2, -0.15) is 0 Å². The second-order valence-corrected chi connectivity index (χ2v) is 5.74. The van der Waals surface area contributed by atoms with Crippen LogP contribution in [-0.4, -0.2) is 55.4 Å². The molecule has 2 heterocycles. The van der Waals surface area contributed by atoms with E-state index < -0.39 is 41.6 Å². The lowest BCUT2D eigenvalue weighted by Crippen LogP contribution is -2.44.